The average molecular weight is 442 g/mol. The molecule has 3 heterocycles. The highest BCUT2D eigenvalue weighted by Gasteiger charge is 2.42. The van der Waals surface area contributed by atoms with Crippen LogP contribution in [-0.2, 0) is 0 Å². The minimum atomic E-state index is -0.395. The van der Waals surface area contributed by atoms with Crippen LogP contribution in [0.25, 0.3) is 5.69 Å². The molecule has 0 spiro atoms. The van der Waals surface area contributed by atoms with Crippen LogP contribution in [-0.4, -0.2) is 19.6 Å². The molecule has 2 aromatic heterocycles. The molecule has 2 atom stereocenters. The van der Waals surface area contributed by atoms with Gasteiger partial charge < -0.3 is 14.8 Å². The van der Waals surface area contributed by atoms with Gasteiger partial charge in [-0.2, -0.15) is 0 Å². The number of para-hydroxylation sites is 1. The van der Waals surface area contributed by atoms with E-state index < -0.39 is 4.92 Å². The number of anilines is 1. The molecule has 7 nitrogen and oxygen atoms in total. The normalized spacial score (nSPS) is 17.9. The van der Waals surface area contributed by atoms with Gasteiger partial charge in [-0.15, -0.1) is 0 Å². The van der Waals surface area contributed by atoms with Crippen molar-refractivity contribution in [3.63, 3.8) is 0 Å². The summed E-state index contributed by atoms with van der Waals surface area (Å²) < 4.78 is 2.04. The highest BCUT2D eigenvalue weighted by Crippen LogP contribution is 2.42. The van der Waals surface area contributed by atoms with E-state index in [1.165, 1.54) is 12.1 Å². The summed E-state index contributed by atoms with van der Waals surface area (Å²) in [5, 5.41) is 15.1. The van der Waals surface area contributed by atoms with Crippen LogP contribution in [0.3, 0.4) is 0 Å². The molecule has 4 aromatic rings. The molecule has 2 aromatic carbocycles. The fourth-order valence-corrected chi connectivity index (χ4v) is 4.47. The van der Waals surface area contributed by atoms with Gasteiger partial charge in [-0.25, -0.2) is 0 Å². The van der Waals surface area contributed by atoms with Crippen molar-refractivity contribution in [1.29, 1.82) is 0 Å². The van der Waals surface area contributed by atoms with Crippen molar-refractivity contribution in [2.45, 2.75) is 12.1 Å². The van der Waals surface area contributed by atoms with Crippen LogP contribution in [0, 0.1) is 10.1 Å². The van der Waals surface area contributed by atoms with Crippen LogP contribution < -0.4 is 10.2 Å². The largest absolute Gasteiger partial charge is 0.351 e. The third kappa shape index (κ3) is 3.50. The molecule has 0 bridgehead atoms. The molecule has 8 heteroatoms. The lowest BCUT2D eigenvalue weighted by atomic mass is 10.0. The van der Waals surface area contributed by atoms with Crippen LogP contribution in [0.4, 0.5) is 11.4 Å². The van der Waals surface area contributed by atoms with E-state index in [1.54, 1.807) is 18.3 Å². The summed E-state index contributed by atoms with van der Waals surface area (Å²) in [7, 11) is 0. The van der Waals surface area contributed by atoms with Crippen LogP contribution in [0.5, 0.6) is 0 Å². The van der Waals surface area contributed by atoms with Gasteiger partial charge in [0.2, 0.25) is 0 Å². The molecule has 1 fully saturated rings. The third-order valence-corrected chi connectivity index (χ3v) is 5.87. The predicted molar refractivity (Wildman–Crippen MR) is 127 cm³/mol. The Labute approximate surface area is 190 Å². The van der Waals surface area contributed by atoms with Crippen molar-refractivity contribution in [1.82, 2.24) is 14.9 Å². The maximum atomic E-state index is 11.1. The number of benzene rings is 2. The lowest BCUT2D eigenvalue weighted by Gasteiger charge is -2.29. The van der Waals surface area contributed by atoms with Crippen LogP contribution in [0.1, 0.15) is 23.5 Å². The van der Waals surface area contributed by atoms with E-state index in [9.17, 15) is 10.1 Å². The molecule has 1 aliphatic rings. The highest BCUT2D eigenvalue weighted by molar-refractivity contribution is 7.80. The molecule has 0 amide bonds. The number of pyridine rings is 1. The number of hydrogen-bond donors (Lipinski definition) is 1. The van der Waals surface area contributed by atoms with Crippen molar-refractivity contribution in [3.05, 3.63) is 119 Å². The molecule has 1 aliphatic heterocycles. The molecule has 0 aliphatic carbocycles. The maximum Gasteiger partial charge on any atom is 0.269 e. The molecule has 1 saturated heterocycles. The number of nitro groups is 1. The Hall–Kier alpha value is -4.04. The van der Waals surface area contributed by atoms with Gasteiger partial charge in [0.15, 0.2) is 5.11 Å². The Morgan fingerprint density at radius 1 is 0.906 bits per heavy atom. The van der Waals surface area contributed by atoms with Gasteiger partial charge in [-0.1, -0.05) is 24.3 Å². The van der Waals surface area contributed by atoms with Crippen LogP contribution in [0.15, 0.2) is 97.3 Å². The molecule has 158 valence electrons. The van der Waals surface area contributed by atoms with Gasteiger partial charge in [0, 0.05) is 41.6 Å². The van der Waals surface area contributed by atoms with Crippen molar-refractivity contribution in [3.8, 4) is 5.69 Å². The van der Waals surface area contributed by atoms with E-state index in [-0.39, 0.29) is 17.8 Å². The summed E-state index contributed by atoms with van der Waals surface area (Å²) in [6.07, 6.45) is 3.73. The summed E-state index contributed by atoms with van der Waals surface area (Å²) in [6.45, 7) is 0. The van der Waals surface area contributed by atoms with E-state index in [4.69, 9.17) is 12.2 Å². The minimum absolute atomic E-state index is 0.0587. The van der Waals surface area contributed by atoms with Crippen molar-refractivity contribution in [2.75, 3.05) is 4.90 Å². The Kier molecular flexibility index (Phi) is 5.12. The highest BCUT2D eigenvalue weighted by atomic mass is 32.1. The van der Waals surface area contributed by atoms with Crippen LogP contribution in [0.2, 0.25) is 0 Å². The maximum absolute atomic E-state index is 11.1. The van der Waals surface area contributed by atoms with Gasteiger partial charge >= 0.3 is 0 Å². The number of nitro benzene ring substituents is 1. The standard InChI is InChI=1S/C24H19N5O2S/c30-29(31)19-13-11-17(12-14-19)27-16-6-10-21(27)23-22(20-9-4-5-15-25-20)26-24(32)28(23)18-7-2-1-3-8-18/h1-16,22-23H,(H,26,32)/t22-,23+/m0/s1. The summed E-state index contributed by atoms with van der Waals surface area (Å²) in [4.78, 5) is 17.4. The van der Waals surface area contributed by atoms with Crippen LogP contribution >= 0.6 is 12.2 Å². The zero-order valence-electron chi connectivity index (χ0n) is 16.9. The molecular formula is C24H19N5O2S. The number of rotatable bonds is 5. The number of thiocarbonyl (C=S) groups is 1. The summed E-state index contributed by atoms with van der Waals surface area (Å²) in [5.74, 6) is 0. The Morgan fingerprint density at radius 3 is 2.34 bits per heavy atom. The first-order valence-electron chi connectivity index (χ1n) is 10.1. The van der Waals surface area contributed by atoms with Gasteiger partial charge in [0.25, 0.3) is 5.69 Å². The lowest BCUT2D eigenvalue weighted by molar-refractivity contribution is -0.384. The van der Waals surface area contributed by atoms with E-state index in [2.05, 4.69) is 15.2 Å². The van der Waals surface area contributed by atoms with Gasteiger partial charge in [0.05, 0.1) is 16.7 Å². The first-order valence-corrected chi connectivity index (χ1v) is 10.5. The van der Waals surface area contributed by atoms with Crippen molar-refractivity contribution >= 4 is 28.7 Å². The Bertz CT molecular complexity index is 1260. The number of hydrogen-bond acceptors (Lipinski definition) is 4. The van der Waals surface area contributed by atoms with Gasteiger partial charge in [-0.3, -0.25) is 15.1 Å². The van der Waals surface area contributed by atoms with Gasteiger partial charge in [0.1, 0.15) is 6.04 Å². The second kappa shape index (κ2) is 8.24. The number of nitrogens with zero attached hydrogens (tertiary/aromatic N) is 4. The number of non-ortho nitro benzene ring substituents is 1. The Morgan fingerprint density at radius 2 is 1.66 bits per heavy atom. The average Bonchev–Trinajstić information content (AvgIpc) is 3.44. The first kappa shape index (κ1) is 19.9. The van der Waals surface area contributed by atoms with E-state index >= 15 is 0 Å². The smallest absolute Gasteiger partial charge is 0.269 e. The minimum Gasteiger partial charge on any atom is -0.351 e. The third-order valence-electron chi connectivity index (χ3n) is 5.55. The zero-order chi connectivity index (χ0) is 22.1. The molecule has 0 saturated carbocycles. The van der Waals surface area contributed by atoms with Crippen molar-refractivity contribution < 1.29 is 4.92 Å². The van der Waals surface area contributed by atoms with E-state index in [0.29, 0.717) is 5.11 Å². The second-order valence-electron chi connectivity index (χ2n) is 7.41. The Balaban J connectivity index is 1.63. The molecule has 1 N–H and O–H groups in total. The quantitative estimate of drug-likeness (QED) is 0.268. The summed E-state index contributed by atoms with van der Waals surface area (Å²) in [5.41, 5.74) is 3.75. The molecule has 5 rings (SSSR count). The van der Waals surface area contributed by atoms with E-state index in [0.717, 1.165) is 22.8 Å². The molecular weight excluding hydrogens is 422 g/mol. The molecule has 0 unspecified atom stereocenters. The predicted octanol–water partition coefficient (Wildman–Crippen LogP) is 4.96. The molecule has 0 radical (unpaired) electrons. The topological polar surface area (TPSA) is 76.2 Å². The fourth-order valence-electron chi connectivity index (χ4n) is 4.13. The molecule has 32 heavy (non-hydrogen) atoms. The fraction of sp³-hybridized carbons (Fsp3) is 0.0833. The zero-order valence-corrected chi connectivity index (χ0v) is 17.7. The SMILES string of the molecule is O=[N+]([O-])c1ccc(-n2cccc2[C@@H]2[C@H](c3ccccn3)NC(=S)N2c2ccccc2)cc1. The monoisotopic (exact) mass is 441 g/mol. The van der Waals surface area contributed by atoms with Crippen molar-refractivity contribution in [2.24, 2.45) is 0 Å². The number of nitrogens with one attached hydrogen (secondary N) is 1. The lowest BCUT2D eigenvalue weighted by Crippen LogP contribution is -2.30. The first-order chi connectivity index (χ1) is 15.6. The number of aromatic nitrogens is 2. The van der Waals surface area contributed by atoms with Gasteiger partial charge in [-0.05, 0) is 60.7 Å². The second-order valence-corrected chi connectivity index (χ2v) is 7.80. The van der Waals surface area contributed by atoms with E-state index in [1.807, 2.05) is 71.4 Å². The summed E-state index contributed by atoms with van der Waals surface area (Å²) >= 11 is 5.76. The summed E-state index contributed by atoms with van der Waals surface area (Å²) in [6, 6.07) is 26.1.